The van der Waals surface area contributed by atoms with Crippen molar-refractivity contribution >= 4 is 45.0 Å². The Hall–Kier alpha value is -2.52. The Morgan fingerprint density at radius 2 is 1.62 bits per heavy atom. The van der Waals surface area contributed by atoms with Gasteiger partial charge in [-0.2, -0.15) is 0 Å². The lowest BCUT2D eigenvalue weighted by Crippen LogP contribution is -2.28. The monoisotopic (exact) mass is 393 g/mol. The second-order valence-corrected chi connectivity index (χ2v) is 8.60. The van der Waals surface area contributed by atoms with Crippen molar-refractivity contribution in [2.45, 2.75) is 28.9 Å². The van der Waals surface area contributed by atoms with Crippen LogP contribution in [-0.4, -0.2) is 25.5 Å². The van der Waals surface area contributed by atoms with Crippen LogP contribution in [0.2, 0.25) is 0 Å². The van der Waals surface area contributed by atoms with E-state index in [1.807, 2.05) is 16.9 Å². The molecule has 7 nitrogen and oxygen atoms in total. The third kappa shape index (κ3) is 5.50. The van der Waals surface area contributed by atoms with E-state index >= 15 is 0 Å². The van der Waals surface area contributed by atoms with Gasteiger partial charge in [-0.15, -0.1) is 11.8 Å². The highest BCUT2D eigenvalue weighted by atomic mass is 32.2. The van der Waals surface area contributed by atoms with E-state index in [0.29, 0.717) is 11.4 Å². The zero-order chi connectivity index (χ0) is 19.3. The van der Waals surface area contributed by atoms with E-state index in [9.17, 15) is 18.0 Å². The molecule has 2 rings (SSSR count). The number of anilines is 2. The molecule has 9 heteroatoms. The van der Waals surface area contributed by atoms with Gasteiger partial charge < -0.3 is 11.1 Å². The van der Waals surface area contributed by atoms with Crippen molar-refractivity contribution in [3.05, 3.63) is 48.5 Å². The predicted octanol–water partition coefficient (Wildman–Crippen LogP) is 2.21. The van der Waals surface area contributed by atoms with Gasteiger partial charge in [0.05, 0.1) is 10.1 Å². The Balaban J connectivity index is 2.00. The van der Waals surface area contributed by atoms with Gasteiger partial charge in [-0.1, -0.05) is 0 Å². The molecule has 2 amide bonds. The minimum Gasteiger partial charge on any atom is -0.399 e. The number of nitrogens with two attached hydrogens (primary N) is 1. The van der Waals surface area contributed by atoms with E-state index in [-0.39, 0.29) is 16.1 Å². The smallest absolute Gasteiger partial charge is 0.264 e. The summed E-state index contributed by atoms with van der Waals surface area (Å²) in [5.74, 6) is -0.889. The molecular weight excluding hydrogens is 374 g/mol. The number of nitrogens with one attached hydrogen (secondary N) is 2. The van der Waals surface area contributed by atoms with Gasteiger partial charge in [0.15, 0.2) is 0 Å². The topological polar surface area (TPSA) is 118 Å². The number of sulfonamides is 1. The molecule has 138 valence electrons. The van der Waals surface area contributed by atoms with E-state index < -0.39 is 15.9 Å². The Labute approximate surface area is 156 Å². The number of thioether (sulfide) groups is 1. The van der Waals surface area contributed by atoms with Crippen LogP contribution in [0.15, 0.2) is 58.3 Å². The van der Waals surface area contributed by atoms with Gasteiger partial charge in [0.2, 0.25) is 11.8 Å². The summed E-state index contributed by atoms with van der Waals surface area (Å²) in [7, 11) is -3.89. The van der Waals surface area contributed by atoms with Crippen molar-refractivity contribution in [2.24, 2.45) is 0 Å². The highest BCUT2D eigenvalue weighted by molar-refractivity contribution is 8.00. The summed E-state index contributed by atoms with van der Waals surface area (Å²) >= 11 is 1.38. The van der Waals surface area contributed by atoms with Gasteiger partial charge in [0, 0.05) is 23.2 Å². The van der Waals surface area contributed by atoms with Gasteiger partial charge in [-0.3, -0.25) is 9.59 Å². The summed E-state index contributed by atoms with van der Waals surface area (Å²) in [5, 5.41) is 2.37. The minimum atomic E-state index is -3.89. The third-order valence-corrected chi connectivity index (χ3v) is 5.83. The fraction of sp³-hybridized carbons (Fsp3) is 0.176. The van der Waals surface area contributed by atoms with Gasteiger partial charge in [-0.05, 0) is 55.5 Å². The van der Waals surface area contributed by atoms with Crippen molar-refractivity contribution in [1.29, 1.82) is 0 Å². The molecule has 0 spiro atoms. The summed E-state index contributed by atoms with van der Waals surface area (Å²) in [4.78, 5) is 24.1. The first-order valence-corrected chi connectivity index (χ1v) is 10.00. The lowest BCUT2D eigenvalue weighted by atomic mass is 10.3. The number of benzene rings is 2. The van der Waals surface area contributed by atoms with Gasteiger partial charge in [0.1, 0.15) is 0 Å². The zero-order valence-electron chi connectivity index (χ0n) is 14.2. The molecule has 0 unspecified atom stereocenters. The highest BCUT2D eigenvalue weighted by Crippen LogP contribution is 2.25. The van der Waals surface area contributed by atoms with Crippen molar-refractivity contribution in [1.82, 2.24) is 4.72 Å². The molecule has 2 aromatic rings. The Morgan fingerprint density at radius 1 is 1.04 bits per heavy atom. The molecule has 0 aliphatic rings. The first kappa shape index (κ1) is 19.8. The zero-order valence-corrected chi connectivity index (χ0v) is 15.9. The Morgan fingerprint density at radius 3 is 2.15 bits per heavy atom. The van der Waals surface area contributed by atoms with Crippen LogP contribution >= 0.6 is 11.8 Å². The number of carbonyl (C=O) groups excluding carboxylic acids is 2. The van der Waals surface area contributed by atoms with Crippen molar-refractivity contribution in [3.63, 3.8) is 0 Å². The third-order valence-electron chi connectivity index (χ3n) is 3.27. The fourth-order valence-electron chi connectivity index (χ4n) is 2.01. The normalized spacial score (nSPS) is 12.2. The Bertz CT molecular complexity index is 895. The first-order chi connectivity index (χ1) is 12.2. The van der Waals surface area contributed by atoms with Gasteiger partial charge in [0.25, 0.3) is 10.0 Å². The highest BCUT2D eigenvalue weighted by Gasteiger charge is 2.17. The standard InChI is InChI=1S/C17H19N3O4S2/c1-11(25-15-7-3-13(18)4-8-15)17(22)19-14-5-9-16(10-6-14)26(23,24)20-12(2)21/h3-11H,18H2,1-2H3,(H,19,22)(H,20,21)/t11-/m1/s1. The predicted molar refractivity (Wildman–Crippen MR) is 102 cm³/mol. The number of hydrogen-bond acceptors (Lipinski definition) is 6. The second-order valence-electron chi connectivity index (χ2n) is 5.50. The van der Waals surface area contributed by atoms with Crippen LogP contribution in [0.4, 0.5) is 11.4 Å². The number of rotatable bonds is 6. The molecule has 0 aliphatic heterocycles. The maximum atomic E-state index is 12.3. The van der Waals surface area contributed by atoms with Crippen LogP contribution in [0.25, 0.3) is 0 Å². The molecule has 4 N–H and O–H groups in total. The molecule has 0 saturated carbocycles. The lowest BCUT2D eigenvalue weighted by Gasteiger charge is -2.12. The van der Waals surface area contributed by atoms with Crippen molar-refractivity contribution < 1.29 is 18.0 Å². The maximum Gasteiger partial charge on any atom is 0.264 e. The van der Waals surface area contributed by atoms with E-state index in [0.717, 1.165) is 11.8 Å². The minimum absolute atomic E-state index is 0.0602. The van der Waals surface area contributed by atoms with Crippen molar-refractivity contribution in [2.75, 3.05) is 11.1 Å². The summed E-state index contributed by atoms with van der Waals surface area (Å²) in [5.41, 5.74) is 6.75. The summed E-state index contributed by atoms with van der Waals surface area (Å²) in [6.07, 6.45) is 0. The summed E-state index contributed by atoms with van der Waals surface area (Å²) in [6.45, 7) is 2.89. The first-order valence-electron chi connectivity index (χ1n) is 7.64. The van der Waals surface area contributed by atoms with Crippen LogP contribution in [0.5, 0.6) is 0 Å². The maximum absolute atomic E-state index is 12.3. The average molecular weight is 393 g/mol. The summed E-state index contributed by atoms with van der Waals surface area (Å²) in [6, 6.07) is 12.8. The van der Waals surface area contributed by atoms with Crippen LogP contribution in [0, 0.1) is 0 Å². The number of amides is 2. The molecule has 0 radical (unpaired) electrons. The van der Waals surface area contributed by atoms with Crippen LogP contribution in [0.1, 0.15) is 13.8 Å². The molecule has 26 heavy (non-hydrogen) atoms. The molecule has 2 aromatic carbocycles. The molecular formula is C17H19N3O4S2. The average Bonchev–Trinajstić information content (AvgIpc) is 2.56. The SMILES string of the molecule is CC(=O)NS(=O)(=O)c1ccc(NC(=O)[C@@H](C)Sc2ccc(N)cc2)cc1. The van der Waals surface area contributed by atoms with E-state index in [4.69, 9.17) is 5.73 Å². The van der Waals surface area contributed by atoms with Gasteiger partial charge in [-0.25, -0.2) is 13.1 Å². The van der Waals surface area contributed by atoms with E-state index in [2.05, 4.69) is 5.32 Å². The number of carbonyl (C=O) groups is 2. The van der Waals surface area contributed by atoms with Crippen LogP contribution in [0.3, 0.4) is 0 Å². The molecule has 0 aromatic heterocycles. The molecule has 0 saturated heterocycles. The number of hydrogen-bond donors (Lipinski definition) is 3. The van der Waals surface area contributed by atoms with Crippen molar-refractivity contribution in [3.8, 4) is 0 Å². The number of nitrogen functional groups attached to an aromatic ring is 1. The second kappa shape index (κ2) is 8.24. The van der Waals surface area contributed by atoms with E-state index in [1.54, 1.807) is 19.1 Å². The Kier molecular flexibility index (Phi) is 6.27. The van der Waals surface area contributed by atoms with Crippen LogP contribution < -0.4 is 15.8 Å². The molecule has 0 heterocycles. The molecule has 0 fully saturated rings. The lowest BCUT2D eigenvalue weighted by molar-refractivity contribution is -0.117. The van der Waals surface area contributed by atoms with Gasteiger partial charge >= 0.3 is 0 Å². The van der Waals surface area contributed by atoms with Crippen LogP contribution in [-0.2, 0) is 19.6 Å². The molecule has 1 atom stereocenters. The fourth-order valence-corrected chi connectivity index (χ4v) is 3.87. The van der Waals surface area contributed by atoms with E-state index in [1.165, 1.54) is 36.0 Å². The quantitative estimate of drug-likeness (QED) is 0.511. The molecule has 0 aliphatic carbocycles. The largest absolute Gasteiger partial charge is 0.399 e. The molecule has 0 bridgehead atoms. The summed E-state index contributed by atoms with van der Waals surface area (Å²) < 4.78 is 25.6.